The van der Waals surface area contributed by atoms with Crippen LogP contribution in [0.1, 0.15) is 77.7 Å². The molecule has 0 N–H and O–H groups in total. The molecule has 3 heteroatoms. The van der Waals surface area contributed by atoms with Crippen molar-refractivity contribution in [3.8, 4) is 0 Å². The average Bonchev–Trinajstić information content (AvgIpc) is 3.47. The Morgan fingerprint density at radius 1 is 0.791 bits per heavy atom. The molecule has 0 radical (unpaired) electrons. The number of rotatable bonds is 6. The Balaban J connectivity index is 1.26. The molecule has 0 fully saturated rings. The van der Waals surface area contributed by atoms with Crippen LogP contribution < -0.4 is 4.90 Å². The number of aryl methyl sites for hydroxylation is 1. The van der Waals surface area contributed by atoms with Crippen molar-refractivity contribution >= 4 is 44.9 Å². The summed E-state index contributed by atoms with van der Waals surface area (Å²) in [5.74, 6) is 0. The standard InChI is InChI=1S/C40H45NS2/c1-7-32-33-16-9-11-18-35(33)42-37(32)22-30-20-28(24-39(3,4)26-30)14-13-15-29-21-31(27-40(5,6)25-29)23-38-41(8-2)34-17-10-12-19-36(34)43-38/h9-23H,7-8,24-27H2,1-6H3/b14-13?,29-15-,30-22-,38-23-. The van der Waals surface area contributed by atoms with Crippen molar-refractivity contribution in [3.05, 3.63) is 123 Å². The van der Waals surface area contributed by atoms with E-state index in [4.69, 9.17) is 0 Å². The van der Waals surface area contributed by atoms with Crippen LogP contribution in [0, 0.1) is 10.8 Å². The third-order valence-electron chi connectivity index (χ3n) is 8.75. The lowest BCUT2D eigenvalue weighted by atomic mass is 9.74. The smallest absolute Gasteiger partial charge is 0.0804 e. The predicted octanol–water partition coefficient (Wildman–Crippen LogP) is 12.3. The lowest BCUT2D eigenvalue weighted by Crippen LogP contribution is -2.19. The van der Waals surface area contributed by atoms with Crippen LogP contribution in [0.25, 0.3) is 16.2 Å². The summed E-state index contributed by atoms with van der Waals surface area (Å²) in [6, 6.07) is 17.6. The number of allylic oxidation sites excluding steroid dienone is 10. The van der Waals surface area contributed by atoms with Crippen molar-refractivity contribution in [1.29, 1.82) is 0 Å². The van der Waals surface area contributed by atoms with E-state index in [1.807, 2.05) is 23.1 Å². The summed E-state index contributed by atoms with van der Waals surface area (Å²) in [5, 5.41) is 2.77. The fourth-order valence-corrected chi connectivity index (χ4v) is 9.60. The molecule has 1 nitrogen and oxygen atoms in total. The highest BCUT2D eigenvalue weighted by Crippen LogP contribution is 2.47. The first kappa shape index (κ1) is 30.0. The molecule has 43 heavy (non-hydrogen) atoms. The van der Waals surface area contributed by atoms with Gasteiger partial charge in [0.2, 0.25) is 0 Å². The summed E-state index contributed by atoms with van der Waals surface area (Å²) in [5.41, 5.74) is 9.07. The number of thiophene rings is 1. The SMILES string of the molecule is CCc1c(/C=C2/C=C(C=C/C=C3C=C(/C=C4\Sc5ccccc5N4CC)CC(C)(C)C/3)CC(C)(C)C2)sc2ccccc12. The Morgan fingerprint density at radius 2 is 1.49 bits per heavy atom. The van der Waals surface area contributed by atoms with Gasteiger partial charge in [0, 0.05) is 21.0 Å². The van der Waals surface area contributed by atoms with Crippen LogP contribution in [-0.4, -0.2) is 6.54 Å². The molecule has 2 aliphatic carbocycles. The summed E-state index contributed by atoms with van der Waals surface area (Å²) >= 11 is 3.85. The van der Waals surface area contributed by atoms with Crippen LogP contribution in [0.2, 0.25) is 0 Å². The Kier molecular flexibility index (Phi) is 8.50. The lowest BCUT2D eigenvalue weighted by Gasteiger charge is -2.31. The fraction of sp³-hybridized carbons (Fsp3) is 0.350. The topological polar surface area (TPSA) is 3.24 Å². The van der Waals surface area contributed by atoms with Crippen LogP contribution in [0.3, 0.4) is 0 Å². The van der Waals surface area contributed by atoms with Gasteiger partial charge in [-0.1, -0.05) is 107 Å². The van der Waals surface area contributed by atoms with E-state index in [0.717, 1.165) is 38.6 Å². The zero-order valence-electron chi connectivity index (χ0n) is 26.7. The molecule has 1 aromatic heterocycles. The van der Waals surface area contributed by atoms with E-state index < -0.39 is 0 Å². The lowest BCUT2D eigenvalue weighted by molar-refractivity contribution is 0.355. The second kappa shape index (κ2) is 12.2. The maximum atomic E-state index is 2.47. The van der Waals surface area contributed by atoms with Gasteiger partial charge in [-0.25, -0.2) is 0 Å². The van der Waals surface area contributed by atoms with Crippen LogP contribution >= 0.6 is 23.1 Å². The highest BCUT2D eigenvalue weighted by Gasteiger charge is 2.28. The van der Waals surface area contributed by atoms with Crippen molar-refractivity contribution in [2.45, 2.75) is 78.5 Å². The Hall–Kier alpha value is -3.01. The first-order valence-electron chi connectivity index (χ1n) is 15.9. The van der Waals surface area contributed by atoms with Gasteiger partial charge >= 0.3 is 0 Å². The molecule has 222 valence electrons. The molecule has 2 aromatic carbocycles. The average molecular weight is 604 g/mol. The summed E-state index contributed by atoms with van der Waals surface area (Å²) in [6.45, 7) is 15.2. The van der Waals surface area contributed by atoms with Gasteiger partial charge in [-0.15, -0.1) is 11.3 Å². The Labute approximate surface area is 267 Å². The van der Waals surface area contributed by atoms with E-state index in [-0.39, 0.29) is 10.8 Å². The Morgan fingerprint density at radius 3 is 2.28 bits per heavy atom. The van der Waals surface area contributed by atoms with Gasteiger partial charge in [0.25, 0.3) is 0 Å². The third kappa shape index (κ3) is 6.74. The maximum absolute atomic E-state index is 2.47. The third-order valence-corrected chi connectivity index (χ3v) is 11.0. The van der Waals surface area contributed by atoms with E-state index in [1.165, 1.54) is 58.4 Å². The van der Waals surface area contributed by atoms with Gasteiger partial charge < -0.3 is 4.90 Å². The van der Waals surface area contributed by atoms with Gasteiger partial charge in [0.15, 0.2) is 0 Å². The van der Waals surface area contributed by atoms with Gasteiger partial charge in [0.1, 0.15) is 0 Å². The van der Waals surface area contributed by atoms with Crippen molar-refractivity contribution in [2.24, 2.45) is 10.8 Å². The number of hydrogen-bond acceptors (Lipinski definition) is 3. The highest BCUT2D eigenvalue weighted by molar-refractivity contribution is 8.03. The molecule has 3 aliphatic rings. The molecular formula is C40H45NS2. The number of anilines is 1. The normalized spacial score (nSPS) is 22.6. The van der Waals surface area contributed by atoms with Gasteiger partial charge in [-0.3, -0.25) is 0 Å². The van der Waals surface area contributed by atoms with Crippen LogP contribution in [-0.2, 0) is 6.42 Å². The van der Waals surface area contributed by atoms with Crippen molar-refractivity contribution in [2.75, 3.05) is 11.4 Å². The van der Waals surface area contributed by atoms with Gasteiger partial charge in [-0.2, -0.15) is 0 Å². The monoisotopic (exact) mass is 603 g/mol. The molecule has 0 spiro atoms. The molecule has 6 rings (SSSR count). The number of fused-ring (bicyclic) bond motifs is 2. The second-order valence-corrected chi connectivity index (χ2v) is 16.0. The summed E-state index contributed by atoms with van der Waals surface area (Å²) in [6.07, 6.45) is 22.4. The largest absolute Gasteiger partial charge is 0.335 e. The predicted molar refractivity (Wildman–Crippen MR) is 192 cm³/mol. The number of para-hydroxylation sites is 1. The molecular weight excluding hydrogens is 559 g/mol. The van der Waals surface area contributed by atoms with Crippen LogP contribution in [0.5, 0.6) is 0 Å². The molecule has 2 heterocycles. The van der Waals surface area contributed by atoms with Gasteiger partial charge in [-0.05, 0) is 113 Å². The van der Waals surface area contributed by atoms with Crippen LogP contribution in [0.4, 0.5) is 5.69 Å². The van der Waals surface area contributed by atoms with E-state index in [2.05, 4.69) is 138 Å². The molecule has 0 amide bonds. The summed E-state index contributed by atoms with van der Waals surface area (Å²) in [4.78, 5) is 5.25. The van der Waals surface area contributed by atoms with Gasteiger partial charge in [0.05, 0.1) is 10.7 Å². The zero-order valence-corrected chi connectivity index (χ0v) is 28.3. The van der Waals surface area contributed by atoms with Crippen molar-refractivity contribution in [1.82, 2.24) is 0 Å². The summed E-state index contributed by atoms with van der Waals surface area (Å²) in [7, 11) is 0. The Bertz CT molecular complexity index is 1720. The second-order valence-electron chi connectivity index (χ2n) is 13.9. The maximum Gasteiger partial charge on any atom is 0.0804 e. The van der Waals surface area contributed by atoms with Crippen molar-refractivity contribution in [3.63, 3.8) is 0 Å². The number of hydrogen-bond donors (Lipinski definition) is 0. The molecule has 0 saturated heterocycles. The van der Waals surface area contributed by atoms with Crippen LogP contribution in [0.15, 0.2) is 117 Å². The fourth-order valence-electron chi connectivity index (χ4n) is 7.12. The molecule has 3 aromatic rings. The minimum Gasteiger partial charge on any atom is -0.335 e. The first-order valence-corrected chi connectivity index (χ1v) is 17.5. The minimum atomic E-state index is 0.247. The molecule has 0 saturated carbocycles. The number of nitrogens with zero attached hydrogens (tertiary/aromatic N) is 1. The number of thioether (sulfide) groups is 1. The molecule has 0 unspecified atom stereocenters. The zero-order chi connectivity index (χ0) is 30.2. The molecule has 0 atom stereocenters. The molecule has 1 aliphatic heterocycles. The van der Waals surface area contributed by atoms with E-state index >= 15 is 0 Å². The van der Waals surface area contributed by atoms with E-state index in [1.54, 1.807) is 0 Å². The van der Waals surface area contributed by atoms with Crippen molar-refractivity contribution < 1.29 is 0 Å². The quantitative estimate of drug-likeness (QED) is 0.276. The number of benzene rings is 2. The summed E-state index contributed by atoms with van der Waals surface area (Å²) < 4.78 is 1.40. The molecule has 0 bridgehead atoms. The highest BCUT2D eigenvalue weighted by atomic mass is 32.2. The minimum absolute atomic E-state index is 0.247. The first-order chi connectivity index (χ1) is 20.6. The van der Waals surface area contributed by atoms with E-state index in [0.29, 0.717) is 0 Å². The van der Waals surface area contributed by atoms with E-state index in [9.17, 15) is 0 Å².